The Bertz CT molecular complexity index is 1980. The van der Waals surface area contributed by atoms with E-state index >= 15 is 0 Å². The van der Waals surface area contributed by atoms with Crippen molar-refractivity contribution in [1.29, 1.82) is 0 Å². The molecule has 0 atom stereocenters. The summed E-state index contributed by atoms with van der Waals surface area (Å²) in [5.74, 6) is -1.15. The van der Waals surface area contributed by atoms with Gasteiger partial charge in [0.05, 0.1) is 22.5 Å². The van der Waals surface area contributed by atoms with Crippen LogP contribution in [0.25, 0.3) is 0 Å². The van der Waals surface area contributed by atoms with Crippen LogP contribution in [0, 0.1) is 0 Å². The molecule has 2 heterocycles. The molecular weight excluding hydrogens is 676 g/mol. The standard InChI is InChI=1S/C39H45ClN2O7S/c1-6-49-35(43)13-8-7-9-22-42-32-19-14-27(37(44)45)23-30(32)39(4,5)34(42)21-16-26-12-10-11-25(36(26)40)15-20-33-38(2,3)29-24-28(50(46,47)48)17-18-31(29)41-33/h14-21,23-24H,6-13,22H2,1-5H3,(H2,44,45,46,47,48). The lowest BCUT2D eigenvalue weighted by Crippen LogP contribution is -2.28. The highest BCUT2D eigenvalue weighted by Gasteiger charge is 2.44. The maximum Gasteiger partial charge on any atom is 0.335 e. The predicted octanol–water partition coefficient (Wildman–Crippen LogP) is 8.24. The van der Waals surface area contributed by atoms with Gasteiger partial charge >= 0.3 is 11.9 Å². The van der Waals surface area contributed by atoms with Crippen LogP contribution >= 0.6 is 11.6 Å². The van der Waals surface area contributed by atoms with E-state index in [0.717, 1.165) is 83.6 Å². The smallest absolute Gasteiger partial charge is 0.335 e. The SMILES string of the molecule is CCOC(=O)CCCCC[N+]1=C(/C=C/C2=C(Cl)C(=C/C=C3/Nc4ccc(S(=O)(=O)[O-])cc4C3(C)C)/CCC2)C(C)(C)c2cc(C(=O)O)ccc21. The number of anilines is 1. The van der Waals surface area contributed by atoms with E-state index in [4.69, 9.17) is 16.3 Å². The predicted molar refractivity (Wildman–Crippen MR) is 194 cm³/mol. The Labute approximate surface area is 299 Å². The summed E-state index contributed by atoms with van der Waals surface area (Å²) in [5.41, 5.74) is 6.58. The summed E-state index contributed by atoms with van der Waals surface area (Å²) in [6.45, 7) is 11.1. The van der Waals surface area contributed by atoms with Crippen molar-refractivity contribution < 1.29 is 37.0 Å². The second-order valence-electron chi connectivity index (χ2n) is 14.0. The fourth-order valence-corrected chi connectivity index (χ4v) is 7.88. The number of carbonyl (C=O) groups is 2. The first kappa shape index (κ1) is 37.3. The van der Waals surface area contributed by atoms with Crippen molar-refractivity contribution in [3.05, 3.63) is 99.3 Å². The van der Waals surface area contributed by atoms with E-state index in [0.29, 0.717) is 24.6 Å². The van der Waals surface area contributed by atoms with Gasteiger partial charge in [-0.25, -0.2) is 13.2 Å². The Morgan fingerprint density at radius 2 is 1.76 bits per heavy atom. The number of fused-ring (bicyclic) bond motifs is 2. The van der Waals surface area contributed by atoms with Gasteiger partial charge in [-0.3, -0.25) is 4.79 Å². The molecule has 0 bridgehead atoms. The first-order valence-electron chi connectivity index (χ1n) is 17.1. The fraction of sp³-hybridized carbons (Fsp3) is 0.410. The molecule has 5 rings (SSSR count). The van der Waals surface area contributed by atoms with Crippen LogP contribution in [-0.2, 0) is 30.5 Å². The molecule has 9 nitrogen and oxygen atoms in total. The number of unbranched alkanes of at least 4 members (excludes halogenated alkanes) is 2. The van der Waals surface area contributed by atoms with Gasteiger partial charge in [-0.2, -0.15) is 4.58 Å². The van der Waals surface area contributed by atoms with E-state index in [2.05, 4.69) is 35.9 Å². The van der Waals surface area contributed by atoms with Gasteiger partial charge in [0.1, 0.15) is 16.7 Å². The van der Waals surface area contributed by atoms with Crippen LogP contribution in [0.4, 0.5) is 11.4 Å². The van der Waals surface area contributed by atoms with Crippen LogP contribution in [0.3, 0.4) is 0 Å². The minimum atomic E-state index is -4.57. The number of aromatic carboxylic acids is 1. The number of hydrogen-bond donors (Lipinski definition) is 2. The van der Waals surface area contributed by atoms with Crippen LogP contribution in [-0.4, -0.2) is 53.5 Å². The third kappa shape index (κ3) is 7.67. The maximum atomic E-state index is 11.9. The average molecular weight is 721 g/mol. The number of rotatable bonds is 12. The maximum absolute atomic E-state index is 11.9. The zero-order valence-corrected chi connectivity index (χ0v) is 30.8. The van der Waals surface area contributed by atoms with Gasteiger partial charge in [-0.05, 0) is 106 Å². The van der Waals surface area contributed by atoms with Crippen LogP contribution in [0.2, 0.25) is 0 Å². The Kier molecular flexibility index (Phi) is 11.0. The monoisotopic (exact) mass is 720 g/mol. The van der Waals surface area contributed by atoms with Gasteiger partial charge in [-0.15, -0.1) is 0 Å². The summed E-state index contributed by atoms with van der Waals surface area (Å²) in [5, 5.41) is 13.8. The normalized spacial score (nSPS) is 19.7. The van der Waals surface area contributed by atoms with Gasteiger partial charge in [0.25, 0.3) is 0 Å². The summed E-state index contributed by atoms with van der Waals surface area (Å²) >= 11 is 7.05. The second kappa shape index (κ2) is 14.7. The number of benzene rings is 2. The van der Waals surface area contributed by atoms with Crippen LogP contribution in [0.5, 0.6) is 0 Å². The third-order valence-electron chi connectivity index (χ3n) is 9.95. The number of carboxylic acids is 1. The van der Waals surface area contributed by atoms with E-state index in [-0.39, 0.29) is 16.4 Å². The number of hydrogen-bond acceptors (Lipinski definition) is 7. The number of carbonyl (C=O) groups excluding carboxylic acids is 1. The Balaban J connectivity index is 1.42. The van der Waals surface area contributed by atoms with Gasteiger partial charge in [0, 0.05) is 52.4 Å². The van der Waals surface area contributed by atoms with Crippen molar-refractivity contribution >= 4 is 50.7 Å². The molecule has 0 spiro atoms. The number of carboxylic acid groups (broad SMARTS) is 1. The van der Waals surface area contributed by atoms with Crippen LogP contribution < -0.4 is 5.32 Å². The molecule has 0 radical (unpaired) electrons. The molecule has 266 valence electrons. The minimum Gasteiger partial charge on any atom is -0.744 e. The number of nitrogens with zero attached hydrogens (tertiary/aromatic N) is 1. The number of esters is 1. The average Bonchev–Trinajstić information content (AvgIpc) is 3.43. The highest BCUT2D eigenvalue weighted by atomic mass is 35.5. The molecule has 2 N–H and O–H groups in total. The molecule has 50 heavy (non-hydrogen) atoms. The van der Waals surface area contributed by atoms with E-state index in [1.807, 2.05) is 32.1 Å². The molecule has 0 saturated heterocycles. The van der Waals surface area contributed by atoms with Crippen molar-refractivity contribution in [2.75, 3.05) is 18.5 Å². The van der Waals surface area contributed by atoms with Crippen molar-refractivity contribution in [3.8, 4) is 0 Å². The van der Waals surface area contributed by atoms with E-state index in [1.165, 1.54) is 12.1 Å². The summed E-state index contributed by atoms with van der Waals surface area (Å²) in [7, 11) is -4.57. The number of halogens is 1. The second-order valence-corrected chi connectivity index (χ2v) is 15.8. The van der Waals surface area contributed by atoms with E-state index < -0.39 is 26.9 Å². The highest BCUT2D eigenvalue weighted by Crippen LogP contribution is 2.45. The molecule has 11 heteroatoms. The summed E-state index contributed by atoms with van der Waals surface area (Å²) < 4.78 is 42.3. The van der Waals surface area contributed by atoms with E-state index in [9.17, 15) is 27.7 Å². The van der Waals surface area contributed by atoms with Crippen molar-refractivity contribution in [2.45, 2.75) is 95.3 Å². The number of ether oxygens (including phenoxy) is 1. The quantitative estimate of drug-likeness (QED) is 0.0969. The summed E-state index contributed by atoms with van der Waals surface area (Å²) in [4.78, 5) is 23.4. The lowest BCUT2D eigenvalue weighted by atomic mass is 9.80. The molecule has 0 unspecified atom stereocenters. The molecular formula is C39H45ClN2O7S. The molecule has 0 saturated carbocycles. The molecule has 2 aromatic carbocycles. The molecule has 0 aromatic heterocycles. The highest BCUT2D eigenvalue weighted by molar-refractivity contribution is 7.85. The Morgan fingerprint density at radius 1 is 1.00 bits per heavy atom. The van der Waals surface area contributed by atoms with Crippen LogP contribution in [0.1, 0.15) is 101 Å². The third-order valence-corrected chi connectivity index (χ3v) is 11.3. The Morgan fingerprint density at radius 3 is 2.46 bits per heavy atom. The zero-order valence-electron chi connectivity index (χ0n) is 29.3. The summed E-state index contributed by atoms with van der Waals surface area (Å²) in [6.07, 6.45) is 13.5. The number of nitrogens with one attached hydrogen (secondary N) is 1. The molecule has 0 fully saturated rings. The first-order chi connectivity index (χ1) is 23.5. The van der Waals surface area contributed by atoms with Gasteiger partial charge in [0.15, 0.2) is 5.71 Å². The van der Waals surface area contributed by atoms with E-state index in [1.54, 1.807) is 25.1 Å². The molecule has 1 aliphatic carbocycles. The topological polar surface area (TPSA) is 136 Å². The van der Waals surface area contributed by atoms with Gasteiger partial charge < -0.3 is 19.7 Å². The molecule has 3 aliphatic rings. The molecule has 0 amide bonds. The van der Waals surface area contributed by atoms with Crippen molar-refractivity contribution in [2.24, 2.45) is 0 Å². The minimum absolute atomic E-state index is 0.181. The van der Waals surface area contributed by atoms with Gasteiger partial charge in [0.2, 0.25) is 5.69 Å². The van der Waals surface area contributed by atoms with Crippen molar-refractivity contribution in [3.63, 3.8) is 0 Å². The van der Waals surface area contributed by atoms with Crippen molar-refractivity contribution in [1.82, 2.24) is 0 Å². The Hall–Kier alpha value is -3.99. The van der Waals surface area contributed by atoms with Crippen LogP contribution in [0.15, 0.2) is 87.5 Å². The first-order valence-corrected chi connectivity index (χ1v) is 18.9. The number of allylic oxidation sites excluding steroid dienone is 8. The molecule has 2 aromatic rings. The van der Waals surface area contributed by atoms with Gasteiger partial charge in [-0.1, -0.05) is 37.6 Å². The lowest BCUT2D eigenvalue weighted by Gasteiger charge is -2.21. The summed E-state index contributed by atoms with van der Waals surface area (Å²) in [6, 6.07) is 9.70. The fourth-order valence-electron chi connectivity index (χ4n) is 7.07. The largest absolute Gasteiger partial charge is 0.744 e. The lowest BCUT2D eigenvalue weighted by molar-refractivity contribution is -0.438. The molecule has 2 aliphatic heterocycles. The zero-order chi connectivity index (χ0) is 36.4.